The van der Waals surface area contributed by atoms with Crippen LogP contribution in [-0.2, 0) is 24.0 Å². The second-order valence-electron chi connectivity index (χ2n) is 6.50. The number of hydrogen-bond donors (Lipinski definition) is 1. The van der Waals surface area contributed by atoms with E-state index in [4.69, 9.17) is 4.74 Å². The average molecular weight is 318 g/mol. The third-order valence-electron chi connectivity index (χ3n) is 4.66. The molecular weight excluding hydrogens is 292 g/mol. The Hall–Kier alpha value is -1.69. The Morgan fingerprint density at radius 1 is 1.35 bits per heavy atom. The molecule has 3 rings (SSSR count). The Morgan fingerprint density at radius 2 is 2.22 bits per heavy atom. The van der Waals surface area contributed by atoms with E-state index in [1.54, 1.807) is 4.90 Å². The predicted octanol–water partition coefficient (Wildman–Crippen LogP) is 1.64. The molecule has 6 heteroatoms. The fourth-order valence-electron chi connectivity index (χ4n) is 3.39. The van der Waals surface area contributed by atoms with Crippen molar-refractivity contribution in [3.05, 3.63) is 22.8 Å². The van der Waals surface area contributed by atoms with Gasteiger partial charge >= 0.3 is 6.03 Å². The first kappa shape index (κ1) is 16.2. The van der Waals surface area contributed by atoms with Crippen LogP contribution in [0.15, 0.2) is 0 Å². The monoisotopic (exact) mass is 318 g/mol. The van der Waals surface area contributed by atoms with Crippen LogP contribution in [0.4, 0.5) is 4.79 Å². The van der Waals surface area contributed by atoms with E-state index in [2.05, 4.69) is 22.2 Å². The molecule has 0 bridgehead atoms. The van der Waals surface area contributed by atoms with Crippen molar-refractivity contribution in [3.63, 3.8) is 0 Å². The highest BCUT2D eigenvalue weighted by atomic mass is 16.5. The lowest BCUT2D eigenvalue weighted by molar-refractivity contribution is 0.0875. The minimum Gasteiger partial charge on any atom is -0.376 e. The Bertz CT molecular complexity index is 570. The molecule has 1 aliphatic heterocycles. The molecule has 0 radical (unpaired) electrons. The molecule has 1 fully saturated rings. The lowest BCUT2D eigenvalue weighted by Crippen LogP contribution is -2.41. The van der Waals surface area contributed by atoms with Gasteiger partial charge in [-0.15, -0.1) is 0 Å². The number of carbonyl (C=O) groups is 1. The lowest BCUT2D eigenvalue weighted by atomic mass is 10.2. The number of aromatic nitrogens is 2. The first-order chi connectivity index (χ1) is 11.1. The molecular formula is C17H26N4O2. The number of nitrogens with one attached hydrogen (secondary N) is 1. The van der Waals surface area contributed by atoms with E-state index in [1.807, 2.05) is 7.05 Å². The van der Waals surface area contributed by atoms with E-state index >= 15 is 0 Å². The van der Waals surface area contributed by atoms with Crippen LogP contribution < -0.4 is 5.32 Å². The van der Waals surface area contributed by atoms with Gasteiger partial charge in [0.15, 0.2) is 0 Å². The number of carbonyl (C=O) groups excluding carboxylic acids is 1. The van der Waals surface area contributed by atoms with Crippen molar-refractivity contribution in [2.24, 2.45) is 0 Å². The molecule has 1 aromatic rings. The van der Waals surface area contributed by atoms with Gasteiger partial charge in [-0.3, -0.25) is 0 Å². The zero-order chi connectivity index (χ0) is 16.2. The summed E-state index contributed by atoms with van der Waals surface area (Å²) in [6.07, 6.45) is 6.34. The van der Waals surface area contributed by atoms with Gasteiger partial charge in [-0.25, -0.2) is 14.8 Å². The molecule has 2 aliphatic rings. The predicted molar refractivity (Wildman–Crippen MR) is 87.5 cm³/mol. The van der Waals surface area contributed by atoms with Crippen LogP contribution in [-0.4, -0.2) is 53.7 Å². The Balaban J connectivity index is 1.45. The summed E-state index contributed by atoms with van der Waals surface area (Å²) >= 11 is 0. The van der Waals surface area contributed by atoms with E-state index in [0.29, 0.717) is 19.5 Å². The second kappa shape index (κ2) is 7.25. The number of aryl methyl sites for hydroxylation is 2. The highest BCUT2D eigenvalue weighted by Gasteiger charge is 2.20. The van der Waals surface area contributed by atoms with Crippen LogP contribution in [0.2, 0.25) is 0 Å². The fourth-order valence-corrected chi connectivity index (χ4v) is 3.39. The third kappa shape index (κ3) is 3.99. The Morgan fingerprint density at radius 3 is 3.00 bits per heavy atom. The molecule has 6 nitrogen and oxygen atoms in total. The highest BCUT2D eigenvalue weighted by molar-refractivity contribution is 5.73. The van der Waals surface area contributed by atoms with Gasteiger partial charge in [-0.1, -0.05) is 0 Å². The van der Waals surface area contributed by atoms with Gasteiger partial charge in [0.25, 0.3) is 0 Å². The molecule has 1 aliphatic carbocycles. The van der Waals surface area contributed by atoms with Gasteiger partial charge in [0.05, 0.1) is 6.10 Å². The number of ether oxygens (including phenoxy) is 1. The van der Waals surface area contributed by atoms with Gasteiger partial charge in [0.2, 0.25) is 0 Å². The van der Waals surface area contributed by atoms with E-state index in [9.17, 15) is 4.79 Å². The molecule has 2 amide bonds. The van der Waals surface area contributed by atoms with Crippen LogP contribution >= 0.6 is 0 Å². The number of urea groups is 1. The van der Waals surface area contributed by atoms with E-state index in [0.717, 1.165) is 43.8 Å². The SMILES string of the molecule is Cc1nc(CCNC(=O)N(C)C[C@H]2CCCO2)nc2c1CCC2. The first-order valence-electron chi connectivity index (χ1n) is 8.59. The lowest BCUT2D eigenvalue weighted by Gasteiger charge is -2.21. The quantitative estimate of drug-likeness (QED) is 0.896. The number of fused-ring (bicyclic) bond motifs is 1. The smallest absolute Gasteiger partial charge is 0.317 e. The molecule has 0 saturated carbocycles. The van der Waals surface area contributed by atoms with Crippen molar-refractivity contribution >= 4 is 6.03 Å². The van der Waals surface area contributed by atoms with Crippen LogP contribution in [0.1, 0.15) is 42.0 Å². The highest BCUT2D eigenvalue weighted by Crippen LogP contribution is 2.22. The number of rotatable bonds is 5. The topological polar surface area (TPSA) is 67.4 Å². The zero-order valence-electron chi connectivity index (χ0n) is 14.1. The summed E-state index contributed by atoms with van der Waals surface area (Å²) in [5.41, 5.74) is 3.63. The Kier molecular flexibility index (Phi) is 5.10. The van der Waals surface area contributed by atoms with E-state index < -0.39 is 0 Å². The maximum atomic E-state index is 12.1. The van der Waals surface area contributed by atoms with Gasteiger partial charge in [0, 0.05) is 44.6 Å². The van der Waals surface area contributed by atoms with E-state index in [-0.39, 0.29) is 12.1 Å². The molecule has 0 spiro atoms. The van der Waals surface area contributed by atoms with Gasteiger partial charge in [0.1, 0.15) is 5.82 Å². The standard InChI is InChI=1S/C17H26N4O2/c1-12-14-6-3-7-15(14)20-16(19-12)8-9-18-17(22)21(2)11-13-5-4-10-23-13/h13H,3-11H2,1-2H3,(H,18,22)/t13-/m1/s1. The molecule has 1 atom stereocenters. The molecule has 1 N–H and O–H groups in total. The number of hydrogen-bond acceptors (Lipinski definition) is 4. The fraction of sp³-hybridized carbons (Fsp3) is 0.706. The molecule has 126 valence electrons. The largest absolute Gasteiger partial charge is 0.376 e. The number of nitrogens with zero attached hydrogens (tertiary/aromatic N) is 3. The van der Waals surface area contributed by atoms with Crippen molar-refractivity contribution in [2.75, 3.05) is 26.7 Å². The van der Waals surface area contributed by atoms with Crippen molar-refractivity contribution in [3.8, 4) is 0 Å². The molecule has 0 unspecified atom stereocenters. The maximum absolute atomic E-state index is 12.1. The molecule has 1 saturated heterocycles. The summed E-state index contributed by atoms with van der Waals surface area (Å²) in [6, 6.07) is -0.0571. The molecule has 23 heavy (non-hydrogen) atoms. The van der Waals surface area contributed by atoms with Gasteiger partial charge in [-0.05, 0) is 44.6 Å². The number of likely N-dealkylation sites (N-methyl/N-ethyl adjacent to an activating group) is 1. The second-order valence-corrected chi connectivity index (χ2v) is 6.50. The van der Waals surface area contributed by atoms with Crippen molar-refractivity contribution in [2.45, 2.75) is 51.6 Å². The number of amides is 2. The van der Waals surface area contributed by atoms with Gasteiger partial charge in [-0.2, -0.15) is 0 Å². The molecule has 1 aromatic heterocycles. The van der Waals surface area contributed by atoms with Crippen molar-refractivity contribution < 1.29 is 9.53 Å². The summed E-state index contributed by atoms with van der Waals surface area (Å²) in [4.78, 5) is 23.0. The summed E-state index contributed by atoms with van der Waals surface area (Å²) in [7, 11) is 1.81. The van der Waals surface area contributed by atoms with Crippen LogP contribution in [0.3, 0.4) is 0 Å². The average Bonchev–Trinajstić information content (AvgIpc) is 3.18. The van der Waals surface area contributed by atoms with E-state index in [1.165, 1.54) is 17.7 Å². The summed E-state index contributed by atoms with van der Waals surface area (Å²) < 4.78 is 5.56. The van der Waals surface area contributed by atoms with Crippen LogP contribution in [0, 0.1) is 6.92 Å². The minimum absolute atomic E-state index is 0.0571. The van der Waals surface area contributed by atoms with Crippen LogP contribution in [0.5, 0.6) is 0 Å². The maximum Gasteiger partial charge on any atom is 0.317 e. The zero-order valence-corrected chi connectivity index (χ0v) is 14.1. The summed E-state index contributed by atoms with van der Waals surface area (Å²) in [5.74, 6) is 0.838. The normalized spacial score (nSPS) is 19.7. The summed E-state index contributed by atoms with van der Waals surface area (Å²) in [5, 5.41) is 2.94. The van der Waals surface area contributed by atoms with Crippen molar-refractivity contribution in [1.29, 1.82) is 0 Å². The summed E-state index contributed by atoms with van der Waals surface area (Å²) in [6.45, 7) is 4.09. The third-order valence-corrected chi connectivity index (χ3v) is 4.66. The molecule has 0 aromatic carbocycles. The van der Waals surface area contributed by atoms with Crippen molar-refractivity contribution in [1.82, 2.24) is 20.2 Å². The first-order valence-corrected chi connectivity index (χ1v) is 8.59. The van der Waals surface area contributed by atoms with Gasteiger partial charge < -0.3 is 15.0 Å². The molecule has 2 heterocycles. The van der Waals surface area contributed by atoms with Crippen LogP contribution in [0.25, 0.3) is 0 Å². The minimum atomic E-state index is -0.0571. The Labute approximate surface area is 137 Å².